The van der Waals surface area contributed by atoms with Gasteiger partial charge >= 0.3 is 0 Å². The second kappa shape index (κ2) is 5.25. The topological polar surface area (TPSA) is 78.1 Å². The van der Waals surface area contributed by atoms with Crippen molar-refractivity contribution in [2.45, 2.75) is 37.0 Å². The first-order valence-electron chi connectivity index (χ1n) is 9.03. The first kappa shape index (κ1) is 15.3. The minimum atomic E-state index is -0.767. The number of carbonyl (C=O) groups is 1. The number of benzene rings is 1. The summed E-state index contributed by atoms with van der Waals surface area (Å²) in [5.74, 6) is 0.855. The molecule has 1 N–H and O–H groups in total. The number of amidine groups is 1. The molecule has 1 aromatic carbocycles. The highest BCUT2D eigenvalue weighted by Gasteiger charge is 2.51. The van der Waals surface area contributed by atoms with Gasteiger partial charge in [0.15, 0.2) is 0 Å². The number of nitriles is 1. The molecule has 2 heterocycles. The van der Waals surface area contributed by atoms with Gasteiger partial charge in [0.2, 0.25) is 0 Å². The summed E-state index contributed by atoms with van der Waals surface area (Å²) < 4.78 is 0. The van der Waals surface area contributed by atoms with Crippen LogP contribution in [0.2, 0.25) is 0 Å². The zero-order chi connectivity index (χ0) is 17.9. The van der Waals surface area contributed by atoms with Crippen molar-refractivity contribution in [2.24, 2.45) is 4.99 Å². The highest BCUT2D eigenvalue weighted by molar-refractivity contribution is 6.14. The van der Waals surface area contributed by atoms with E-state index in [9.17, 15) is 10.1 Å². The molecule has 0 radical (unpaired) electrons. The number of hydrogen-bond acceptors (Lipinski definition) is 4. The Kier molecular flexibility index (Phi) is 3.08. The molecule has 1 fully saturated rings. The van der Waals surface area contributed by atoms with Gasteiger partial charge in [-0.15, -0.1) is 0 Å². The van der Waals surface area contributed by atoms with E-state index in [1.165, 1.54) is 0 Å². The summed E-state index contributed by atoms with van der Waals surface area (Å²) in [4.78, 5) is 22.1. The van der Waals surface area contributed by atoms with Gasteiger partial charge in [-0.25, -0.2) is 0 Å². The van der Waals surface area contributed by atoms with Gasteiger partial charge in [-0.3, -0.25) is 9.78 Å². The fourth-order valence-corrected chi connectivity index (χ4v) is 4.53. The van der Waals surface area contributed by atoms with Crippen molar-refractivity contribution in [3.63, 3.8) is 0 Å². The summed E-state index contributed by atoms with van der Waals surface area (Å²) >= 11 is 0. The monoisotopic (exact) mass is 342 g/mol. The number of carbonyl (C=O) groups excluding carboxylic acids is 1. The van der Waals surface area contributed by atoms with Crippen molar-refractivity contribution >= 4 is 11.7 Å². The number of hydrogen-bond donors (Lipinski definition) is 1. The summed E-state index contributed by atoms with van der Waals surface area (Å²) in [7, 11) is 1.76. The third-order valence-corrected chi connectivity index (χ3v) is 5.94. The van der Waals surface area contributed by atoms with Crippen LogP contribution in [-0.2, 0) is 16.6 Å². The van der Waals surface area contributed by atoms with Crippen molar-refractivity contribution in [3.8, 4) is 6.07 Å². The molecule has 5 heteroatoms. The number of rotatable bonds is 1. The molecule has 5 nitrogen and oxygen atoms in total. The fourth-order valence-electron chi connectivity index (χ4n) is 4.53. The van der Waals surface area contributed by atoms with Crippen LogP contribution in [0.5, 0.6) is 0 Å². The summed E-state index contributed by atoms with van der Waals surface area (Å²) in [6.07, 6.45) is 5.45. The lowest BCUT2D eigenvalue weighted by Gasteiger charge is -2.34. The van der Waals surface area contributed by atoms with Crippen LogP contribution in [-0.4, -0.2) is 23.8 Å². The van der Waals surface area contributed by atoms with E-state index in [0.29, 0.717) is 23.7 Å². The average molecular weight is 342 g/mol. The molecule has 0 bridgehead atoms. The van der Waals surface area contributed by atoms with Gasteiger partial charge in [-0.1, -0.05) is 12.1 Å². The Bertz CT molecular complexity index is 1030. The Morgan fingerprint density at radius 1 is 1.31 bits per heavy atom. The van der Waals surface area contributed by atoms with Gasteiger partial charge in [-0.2, -0.15) is 10.3 Å². The molecule has 1 unspecified atom stereocenters. The molecule has 128 valence electrons. The molecule has 1 atom stereocenters. The van der Waals surface area contributed by atoms with E-state index in [1.807, 2.05) is 18.2 Å². The Morgan fingerprint density at radius 3 is 2.88 bits per heavy atom. The second-order valence-electron chi connectivity index (χ2n) is 7.29. The maximum Gasteiger partial charge on any atom is 0.262 e. The smallest absolute Gasteiger partial charge is 0.262 e. The zero-order valence-electron chi connectivity index (χ0n) is 14.5. The fraction of sp³-hybridized carbons (Fsp3) is 0.333. The van der Waals surface area contributed by atoms with Gasteiger partial charge in [-0.05, 0) is 60.4 Å². The predicted molar refractivity (Wildman–Crippen MR) is 97.1 cm³/mol. The van der Waals surface area contributed by atoms with E-state index in [2.05, 4.69) is 27.4 Å². The van der Waals surface area contributed by atoms with E-state index in [-0.39, 0.29) is 5.91 Å². The largest absolute Gasteiger partial charge is 0.373 e. The van der Waals surface area contributed by atoms with E-state index in [0.717, 1.165) is 47.2 Å². The van der Waals surface area contributed by atoms with Crippen LogP contribution in [0.15, 0.2) is 35.5 Å². The van der Waals surface area contributed by atoms with Gasteiger partial charge in [0.25, 0.3) is 5.91 Å². The third-order valence-electron chi connectivity index (χ3n) is 5.94. The van der Waals surface area contributed by atoms with E-state index < -0.39 is 5.41 Å². The Morgan fingerprint density at radius 2 is 2.15 bits per heavy atom. The number of nitrogens with one attached hydrogen (secondary N) is 1. The summed E-state index contributed by atoms with van der Waals surface area (Å²) in [5, 5.41) is 12.7. The molecule has 3 aliphatic rings. The van der Waals surface area contributed by atoms with Crippen LogP contribution in [0.25, 0.3) is 0 Å². The zero-order valence-corrected chi connectivity index (χ0v) is 14.5. The Hall–Kier alpha value is -3.00. The lowest BCUT2D eigenvalue weighted by Crippen LogP contribution is -2.42. The van der Waals surface area contributed by atoms with Crippen molar-refractivity contribution in [3.05, 3.63) is 64.0 Å². The summed E-state index contributed by atoms with van der Waals surface area (Å²) in [6, 6.07) is 10.3. The lowest BCUT2D eigenvalue weighted by atomic mass is 9.70. The van der Waals surface area contributed by atoms with E-state index >= 15 is 0 Å². The van der Waals surface area contributed by atoms with Crippen LogP contribution >= 0.6 is 0 Å². The number of aromatic nitrogens is 1. The van der Waals surface area contributed by atoms with Gasteiger partial charge in [0, 0.05) is 24.5 Å². The summed E-state index contributed by atoms with van der Waals surface area (Å²) in [6.45, 7) is 0. The van der Waals surface area contributed by atoms with E-state index in [1.54, 1.807) is 13.2 Å². The normalized spacial score (nSPS) is 23.2. The van der Waals surface area contributed by atoms with Crippen LogP contribution in [0, 0.1) is 11.3 Å². The molecular weight excluding hydrogens is 324 g/mol. The standard InChI is InChI=1S/C21H18N4O/c1-23-19-15-9-13(11-22)14(12-4-5-12)10-17(15)21(20(26)25-19)7-6-18-16(21)3-2-8-24-18/h2-3,8-10,12H,4-7H2,1H3,(H,23,25,26). The molecule has 5 rings (SSSR count). The number of fused-ring (bicyclic) bond motifs is 4. The molecule has 2 aliphatic carbocycles. The first-order chi connectivity index (χ1) is 12.7. The van der Waals surface area contributed by atoms with Gasteiger partial charge < -0.3 is 5.32 Å². The number of aliphatic imine (C=N–C) groups is 1. The molecule has 1 aliphatic heterocycles. The molecule has 0 saturated heterocycles. The van der Waals surface area contributed by atoms with Crippen LogP contribution in [0.4, 0.5) is 0 Å². The van der Waals surface area contributed by atoms with Crippen LogP contribution in [0.1, 0.15) is 58.7 Å². The number of pyridine rings is 1. The number of nitrogens with zero attached hydrogens (tertiary/aromatic N) is 3. The van der Waals surface area contributed by atoms with Crippen LogP contribution < -0.4 is 5.32 Å². The number of amides is 1. The van der Waals surface area contributed by atoms with Crippen LogP contribution in [0.3, 0.4) is 0 Å². The minimum absolute atomic E-state index is 0.132. The molecule has 2 aromatic rings. The molecule has 1 spiro atoms. The highest BCUT2D eigenvalue weighted by atomic mass is 16.1. The summed E-state index contributed by atoms with van der Waals surface area (Å²) in [5.41, 5.74) is 4.80. The lowest BCUT2D eigenvalue weighted by molar-refractivity contribution is -0.122. The Balaban J connectivity index is 1.84. The third kappa shape index (κ3) is 1.87. The molecule has 1 aromatic heterocycles. The molecule has 1 saturated carbocycles. The second-order valence-corrected chi connectivity index (χ2v) is 7.29. The van der Waals surface area contributed by atoms with Crippen molar-refractivity contribution < 1.29 is 4.79 Å². The van der Waals surface area contributed by atoms with Crippen molar-refractivity contribution in [2.75, 3.05) is 7.05 Å². The average Bonchev–Trinajstić information content (AvgIpc) is 3.45. The maximum atomic E-state index is 13.2. The molecular formula is C21H18N4O. The molecule has 1 amide bonds. The van der Waals surface area contributed by atoms with E-state index in [4.69, 9.17) is 0 Å². The first-order valence-corrected chi connectivity index (χ1v) is 9.03. The maximum absolute atomic E-state index is 13.2. The van der Waals surface area contributed by atoms with Gasteiger partial charge in [0.05, 0.1) is 11.6 Å². The Labute approximate surface area is 151 Å². The van der Waals surface area contributed by atoms with Crippen molar-refractivity contribution in [1.29, 1.82) is 5.26 Å². The van der Waals surface area contributed by atoms with Crippen molar-refractivity contribution in [1.82, 2.24) is 10.3 Å². The minimum Gasteiger partial charge on any atom is -0.373 e. The SMILES string of the molecule is CNC1=NC(=O)C2(CCc3ncccc32)c2cc(C3CC3)c(C#N)cc21. The molecule has 26 heavy (non-hydrogen) atoms. The highest BCUT2D eigenvalue weighted by Crippen LogP contribution is 2.50. The predicted octanol–water partition coefficient (Wildman–Crippen LogP) is 2.57. The quantitative estimate of drug-likeness (QED) is 0.864. The number of aryl methyl sites for hydroxylation is 1. The van der Waals surface area contributed by atoms with Gasteiger partial charge in [0.1, 0.15) is 11.3 Å².